The van der Waals surface area contributed by atoms with Gasteiger partial charge >= 0.3 is 18.1 Å². The number of carboxylic acids is 1. The molecule has 1 heterocycles. The van der Waals surface area contributed by atoms with Crippen LogP contribution >= 0.6 is 27.5 Å². The third-order valence-electron chi connectivity index (χ3n) is 13.6. The van der Waals surface area contributed by atoms with Crippen LogP contribution in [0, 0.1) is 17.7 Å². The molecule has 2 amide bonds. The molecule has 64 heavy (non-hydrogen) atoms. The Hall–Kier alpha value is -4.69. The summed E-state index contributed by atoms with van der Waals surface area (Å²) in [6, 6.07) is 17.6. The molecular formula is C49H53BrClF4N3O6. The van der Waals surface area contributed by atoms with Crippen LogP contribution in [0.1, 0.15) is 106 Å². The number of carbonyl (C=O) groups is 3. The highest BCUT2D eigenvalue weighted by molar-refractivity contribution is 9.10. The molecule has 0 bridgehead atoms. The quantitative estimate of drug-likeness (QED) is 0.0933. The lowest BCUT2D eigenvalue weighted by atomic mass is 9.59. The van der Waals surface area contributed by atoms with Crippen molar-refractivity contribution in [3.8, 4) is 11.5 Å². The van der Waals surface area contributed by atoms with Gasteiger partial charge in [-0.25, -0.2) is 9.18 Å². The van der Waals surface area contributed by atoms with Gasteiger partial charge in [0.1, 0.15) is 22.9 Å². The second-order valence-electron chi connectivity index (χ2n) is 17.9. The molecule has 15 heteroatoms. The molecule has 1 saturated carbocycles. The lowest BCUT2D eigenvalue weighted by Crippen LogP contribution is -2.63. The molecule has 1 spiro atoms. The monoisotopic (exact) mass is 969 g/mol. The Morgan fingerprint density at radius 1 is 1.03 bits per heavy atom. The number of hydrogen-bond acceptors (Lipinski definition) is 6. The van der Waals surface area contributed by atoms with Gasteiger partial charge in [-0.1, -0.05) is 53.5 Å². The number of fused-ring (bicyclic) bond motifs is 3. The number of carboxylic acid groups (broad SMARTS) is 1. The maximum absolute atomic E-state index is 14.4. The van der Waals surface area contributed by atoms with Gasteiger partial charge in [-0.3, -0.25) is 19.5 Å². The van der Waals surface area contributed by atoms with E-state index in [0.717, 1.165) is 47.4 Å². The predicted octanol–water partition coefficient (Wildman–Crippen LogP) is 11.4. The van der Waals surface area contributed by atoms with E-state index in [0.29, 0.717) is 52.5 Å². The molecule has 1 unspecified atom stereocenters. The minimum Gasteiger partial charge on any atom is -0.494 e. The van der Waals surface area contributed by atoms with Gasteiger partial charge in [0.2, 0.25) is 5.91 Å². The molecule has 0 aliphatic heterocycles. The number of benzene rings is 3. The van der Waals surface area contributed by atoms with Crippen molar-refractivity contribution < 1.29 is 46.5 Å². The van der Waals surface area contributed by atoms with Crippen LogP contribution in [0.25, 0.3) is 0 Å². The molecule has 342 valence electrons. The molecule has 0 radical (unpaired) electrons. The standard InChI is InChI=1S/C49H53BrClF4N3O6/c1-30(29-64-42-16-21-56-41-10-4-7-31(2)44(41)42)23-34-24-32-12-14-38(63-22-6-11-43(59)57(3)28-33-25-35(50)13-15-40(33)52)27-39(32)47(34)17-19-48(20-18-47,46(61)62)58(45(60)49(53,54)55)37-9-5-8-36(51)26-37/h5,8-9,12-16,21,25-27,30-31,34H,4,6-7,10-11,17-20,22-24,28-29H2,1-3H3,(H,61,62)/t30-,31-,34?,47?,48?/m1/s1. The fraction of sp³-hybridized carbons (Fsp3) is 0.469. The van der Waals surface area contributed by atoms with Crippen LogP contribution in [0.5, 0.6) is 11.5 Å². The molecule has 1 N–H and O–H groups in total. The number of hydrogen-bond donors (Lipinski definition) is 1. The fourth-order valence-corrected chi connectivity index (χ4v) is 11.0. The average molecular weight is 971 g/mol. The van der Waals surface area contributed by atoms with Gasteiger partial charge in [-0.15, -0.1) is 0 Å². The van der Waals surface area contributed by atoms with Crippen molar-refractivity contribution in [1.29, 1.82) is 0 Å². The number of alkyl halides is 3. The minimum atomic E-state index is -5.35. The van der Waals surface area contributed by atoms with Crippen LogP contribution in [0.4, 0.5) is 23.2 Å². The van der Waals surface area contributed by atoms with Crippen molar-refractivity contribution in [2.75, 3.05) is 25.2 Å². The molecule has 1 fully saturated rings. The van der Waals surface area contributed by atoms with Crippen molar-refractivity contribution in [2.24, 2.45) is 11.8 Å². The first-order valence-corrected chi connectivity index (χ1v) is 23.0. The summed E-state index contributed by atoms with van der Waals surface area (Å²) in [6.07, 6.45) is 1.26. The SMILES string of the molecule is C[C@@H](COc1ccnc2c1[C@H](C)CCC2)CC1Cc2ccc(OCCCC(=O)N(C)Cc3cc(Br)ccc3F)cc2C12CCC(C(=O)O)(N(C(=O)C(F)(F)F)c1cccc(Cl)c1)CC2. The van der Waals surface area contributed by atoms with E-state index in [2.05, 4.69) is 34.8 Å². The second kappa shape index (κ2) is 19.4. The number of pyridine rings is 1. The molecular weight excluding hydrogens is 918 g/mol. The van der Waals surface area contributed by atoms with E-state index >= 15 is 0 Å². The van der Waals surface area contributed by atoms with Gasteiger partial charge in [0.25, 0.3) is 0 Å². The molecule has 0 saturated heterocycles. The Kier molecular flexibility index (Phi) is 14.3. The Balaban J connectivity index is 1.12. The summed E-state index contributed by atoms with van der Waals surface area (Å²) in [5.74, 6) is -2.64. The molecule has 1 aromatic heterocycles. The number of aryl methyl sites for hydroxylation is 1. The maximum Gasteiger partial charge on any atom is 0.471 e. The molecule has 3 atom stereocenters. The molecule has 3 aliphatic rings. The molecule has 3 aliphatic carbocycles. The number of rotatable bonds is 15. The molecule has 4 aromatic rings. The first-order chi connectivity index (χ1) is 30.4. The molecule has 9 nitrogen and oxygen atoms in total. The Morgan fingerprint density at radius 2 is 1.80 bits per heavy atom. The van der Waals surface area contributed by atoms with E-state index in [1.165, 1.54) is 35.2 Å². The summed E-state index contributed by atoms with van der Waals surface area (Å²) in [6.45, 7) is 5.05. The zero-order valence-corrected chi connectivity index (χ0v) is 38.5. The van der Waals surface area contributed by atoms with Crippen LogP contribution in [-0.2, 0) is 39.2 Å². The minimum absolute atomic E-state index is 0.0328. The fourth-order valence-electron chi connectivity index (χ4n) is 10.4. The second-order valence-corrected chi connectivity index (χ2v) is 19.2. The predicted molar refractivity (Wildman–Crippen MR) is 239 cm³/mol. The van der Waals surface area contributed by atoms with Crippen molar-refractivity contribution in [2.45, 2.75) is 114 Å². The van der Waals surface area contributed by atoms with Crippen LogP contribution in [-0.4, -0.2) is 64.8 Å². The smallest absolute Gasteiger partial charge is 0.471 e. The van der Waals surface area contributed by atoms with E-state index in [1.54, 1.807) is 25.4 Å². The lowest BCUT2D eigenvalue weighted by molar-refractivity contribution is -0.174. The van der Waals surface area contributed by atoms with Crippen molar-refractivity contribution >= 4 is 51.0 Å². The molecule has 7 rings (SSSR count). The largest absolute Gasteiger partial charge is 0.494 e. The number of aromatic nitrogens is 1. The summed E-state index contributed by atoms with van der Waals surface area (Å²) < 4.78 is 70.9. The first-order valence-electron chi connectivity index (χ1n) is 21.9. The van der Waals surface area contributed by atoms with Crippen molar-refractivity contribution in [1.82, 2.24) is 9.88 Å². The van der Waals surface area contributed by atoms with Crippen molar-refractivity contribution in [3.05, 3.63) is 116 Å². The average Bonchev–Trinajstić information content (AvgIpc) is 3.54. The number of ether oxygens (including phenoxy) is 2. The van der Waals surface area contributed by atoms with E-state index in [1.807, 2.05) is 24.3 Å². The summed E-state index contributed by atoms with van der Waals surface area (Å²) in [4.78, 5) is 46.1. The number of carbonyl (C=O) groups excluding carboxylic acids is 2. The highest BCUT2D eigenvalue weighted by Crippen LogP contribution is 2.58. The maximum atomic E-state index is 14.4. The topological polar surface area (TPSA) is 109 Å². The van der Waals surface area contributed by atoms with Gasteiger partial charge in [0.15, 0.2) is 0 Å². The Labute approximate surface area is 384 Å². The van der Waals surface area contributed by atoms with E-state index in [-0.39, 0.29) is 73.7 Å². The Morgan fingerprint density at radius 3 is 2.52 bits per heavy atom. The number of anilines is 1. The van der Waals surface area contributed by atoms with Gasteiger partial charge in [-0.2, -0.15) is 13.2 Å². The highest BCUT2D eigenvalue weighted by Gasteiger charge is 2.60. The van der Waals surface area contributed by atoms with E-state index in [4.69, 9.17) is 21.1 Å². The summed E-state index contributed by atoms with van der Waals surface area (Å²) in [5.41, 5.74) is 1.49. The summed E-state index contributed by atoms with van der Waals surface area (Å²) >= 11 is 9.55. The number of amides is 2. The zero-order chi connectivity index (χ0) is 46.0. The van der Waals surface area contributed by atoms with Crippen molar-refractivity contribution in [3.63, 3.8) is 0 Å². The van der Waals surface area contributed by atoms with Crippen LogP contribution < -0.4 is 14.4 Å². The number of aliphatic carboxylic acids is 1. The molecule has 3 aromatic carbocycles. The van der Waals surface area contributed by atoms with Crippen LogP contribution in [0.15, 0.2) is 77.4 Å². The first kappa shape index (κ1) is 47.3. The van der Waals surface area contributed by atoms with E-state index < -0.39 is 34.8 Å². The van der Waals surface area contributed by atoms with Gasteiger partial charge in [0, 0.05) is 58.2 Å². The number of nitrogens with zero attached hydrogens (tertiary/aromatic N) is 3. The highest BCUT2D eigenvalue weighted by atomic mass is 79.9. The lowest BCUT2D eigenvalue weighted by Gasteiger charge is -2.50. The zero-order valence-electron chi connectivity index (χ0n) is 36.2. The van der Waals surface area contributed by atoms with Gasteiger partial charge in [-0.05, 0) is 153 Å². The van der Waals surface area contributed by atoms with E-state index in [9.17, 15) is 37.1 Å². The van der Waals surface area contributed by atoms with Gasteiger partial charge < -0.3 is 19.5 Å². The normalized spacial score (nSPS) is 22.0. The van der Waals surface area contributed by atoms with Crippen LogP contribution in [0.3, 0.4) is 0 Å². The summed E-state index contributed by atoms with van der Waals surface area (Å²) in [5, 5.41) is 10.9. The summed E-state index contributed by atoms with van der Waals surface area (Å²) in [7, 11) is 1.62. The third-order valence-corrected chi connectivity index (χ3v) is 14.3. The van der Waals surface area contributed by atoms with Gasteiger partial charge in [0.05, 0.1) is 13.2 Å². The number of halogens is 6. The Bertz CT molecular complexity index is 2370. The van der Waals surface area contributed by atoms with Crippen LogP contribution in [0.2, 0.25) is 5.02 Å². The third kappa shape index (κ3) is 9.93.